The Hall–Kier alpha value is -2.69. The molecule has 4 nitrogen and oxygen atoms in total. The van der Waals surface area contributed by atoms with Crippen LogP contribution >= 0.6 is 0 Å². The van der Waals surface area contributed by atoms with Crippen LogP contribution in [0.5, 0.6) is 11.5 Å². The van der Waals surface area contributed by atoms with Gasteiger partial charge in [0.05, 0.1) is 27.5 Å². The van der Waals surface area contributed by atoms with Crippen molar-refractivity contribution in [1.29, 1.82) is 0 Å². The van der Waals surface area contributed by atoms with Gasteiger partial charge in [-0.3, -0.25) is 0 Å². The molecule has 0 saturated heterocycles. The summed E-state index contributed by atoms with van der Waals surface area (Å²) in [6.45, 7) is 3.22. The predicted molar refractivity (Wildman–Crippen MR) is 160 cm³/mol. The van der Waals surface area contributed by atoms with Crippen LogP contribution in [0, 0.1) is 0 Å². The van der Waals surface area contributed by atoms with E-state index in [0.29, 0.717) is 6.32 Å². The molecule has 2 radical (unpaired) electrons. The Morgan fingerprint density at radius 3 is 1.79 bits per heavy atom. The zero-order valence-electron chi connectivity index (χ0n) is 24.0. The fourth-order valence-corrected chi connectivity index (χ4v) is 5.76. The summed E-state index contributed by atoms with van der Waals surface area (Å²) < 4.78 is 14.2. The summed E-state index contributed by atoms with van der Waals surface area (Å²) in [5, 5.41) is 0. The maximum absolute atomic E-state index is 6.11. The van der Waals surface area contributed by atoms with Crippen LogP contribution in [0.1, 0.15) is 101 Å². The van der Waals surface area contributed by atoms with Gasteiger partial charge in [0.15, 0.2) is 0 Å². The number of nitrogens with zero attached hydrogens (tertiary/aromatic N) is 2. The van der Waals surface area contributed by atoms with Crippen molar-refractivity contribution < 1.29 is 9.47 Å². The van der Waals surface area contributed by atoms with Gasteiger partial charge in [-0.2, -0.15) is 0 Å². The van der Waals surface area contributed by atoms with Gasteiger partial charge in [0.25, 0.3) is 0 Å². The maximum Gasteiger partial charge on any atom is 0.124 e. The van der Waals surface area contributed by atoms with Gasteiger partial charge < -0.3 is 14.0 Å². The lowest BCUT2D eigenvalue weighted by Crippen LogP contribution is -2.34. The molecule has 0 saturated carbocycles. The van der Waals surface area contributed by atoms with Gasteiger partial charge in [-0.05, 0) is 25.0 Å². The summed E-state index contributed by atoms with van der Waals surface area (Å²) in [5.74, 6) is 2.73. The van der Waals surface area contributed by atoms with Gasteiger partial charge in [0.2, 0.25) is 0 Å². The monoisotopic (exact) mass is 514 g/mol. The van der Waals surface area contributed by atoms with Gasteiger partial charge in [0, 0.05) is 30.1 Å². The third-order valence-electron chi connectivity index (χ3n) is 7.74. The van der Waals surface area contributed by atoms with E-state index >= 15 is 0 Å². The largest absolute Gasteiger partial charge is 0.496 e. The second kappa shape index (κ2) is 16.3. The zero-order chi connectivity index (χ0) is 27.1. The topological polar surface area (TPSA) is 36.3 Å². The minimum Gasteiger partial charge on any atom is -0.496 e. The molecule has 0 aliphatic carbocycles. The molecule has 0 aliphatic rings. The van der Waals surface area contributed by atoms with Crippen LogP contribution in [0.2, 0.25) is 6.32 Å². The molecule has 204 valence electrons. The molecule has 2 aromatic carbocycles. The molecule has 0 aliphatic heterocycles. The molecule has 0 unspecified atom stereocenters. The van der Waals surface area contributed by atoms with Crippen molar-refractivity contribution in [3.8, 4) is 11.5 Å². The summed E-state index contributed by atoms with van der Waals surface area (Å²) in [6.07, 6.45) is 19.6. The van der Waals surface area contributed by atoms with E-state index in [-0.39, 0.29) is 0 Å². The number of methoxy groups -OCH3 is 2. The first-order valence-corrected chi connectivity index (χ1v) is 14.7. The van der Waals surface area contributed by atoms with Gasteiger partial charge >= 0.3 is 0 Å². The zero-order valence-corrected chi connectivity index (χ0v) is 24.0. The van der Waals surface area contributed by atoms with Gasteiger partial charge in [-0.25, -0.2) is 4.98 Å². The number of rotatable bonds is 19. The number of aromatic nitrogens is 2. The summed E-state index contributed by atoms with van der Waals surface area (Å²) in [6, 6.07) is 16.6. The highest BCUT2D eigenvalue weighted by Gasteiger charge is 2.43. The molecular formula is C33H47BN2O2. The minimum absolute atomic E-state index is 0.555. The molecule has 0 atom stereocenters. The maximum atomic E-state index is 6.11. The SMILES string of the molecule is [B]CCCC(c1ccccc1OC)(c1ccccc1OC)c1nccn1CCCCCCCCCCCC. The third-order valence-corrected chi connectivity index (χ3v) is 7.74. The molecule has 0 fully saturated rings. The van der Waals surface area contributed by atoms with Gasteiger partial charge in [0.1, 0.15) is 17.3 Å². The number of aryl methyl sites for hydroxylation is 1. The molecule has 0 spiro atoms. The van der Waals surface area contributed by atoms with E-state index in [9.17, 15) is 0 Å². The van der Waals surface area contributed by atoms with E-state index in [0.717, 1.165) is 54.3 Å². The van der Waals surface area contributed by atoms with E-state index in [1.807, 2.05) is 30.5 Å². The quantitative estimate of drug-likeness (QED) is 0.119. The number of unbranched alkanes of at least 4 members (excludes halogenated alkanes) is 9. The average molecular weight is 515 g/mol. The standard InChI is InChI=1S/C33H47BN2O2/c1-4-5-6-7-8-9-10-11-12-17-26-36-27-25-35-32(36)33(23-18-24-34,28-19-13-15-21-30(28)37-2)29-20-14-16-22-31(29)38-3/h13-16,19-22,25,27H,4-12,17-18,23-24,26H2,1-3H3. The summed E-state index contributed by atoms with van der Waals surface area (Å²) in [5.41, 5.74) is 1.63. The molecule has 38 heavy (non-hydrogen) atoms. The number of benzene rings is 2. The lowest BCUT2D eigenvalue weighted by molar-refractivity contribution is 0.373. The highest BCUT2D eigenvalue weighted by atomic mass is 16.5. The first kappa shape index (κ1) is 29.9. The van der Waals surface area contributed by atoms with Crippen molar-refractivity contribution in [3.05, 3.63) is 77.9 Å². The Kier molecular flexibility index (Phi) is 12.8. The molecular weight excluding hydrogens is 467 g/mol. The smallest absolute Gasteiger partial charge is 0.124 e. The lowest BCUT2D eigenvalue weighted by Gasteiger charge is -2.37. The van der Waals surface area contributed by atoms with Crippen LogP contribution in [0.4, 0.5) is 0 Å². The molecule has 0 amide bonds. The van der Waals surface area contributed by atoms with Crippen LogP contribution in [0.3, 0.4) is 0 Å². The number of imidazole rings is 1. The summed E-state index contributed by atoms with van der Waals surface area (Å²) in [4.78, 5) is 5.02. The van der Waals surface area contributed by atoms with E-state index in [2.05, 4.69) is 42.0 Å². The number of para-hydroxylation sites is 2. The Labute approximate surface area is 232 Å². The number of hydrogen-bond acceptors (Lipinski definition) is 3. The molecule has 3 aromatic rings. The van der Waals surface area contributed by atoms with Crippen molar-refractivity contribution >= 4 is 7.85 Å². The highest BCUT2D eigenvalue weighted by molar-refractivity contribution is 6.08. The Balaban J connectivity index is 1.88. The predicted octanol–water partition coefficient (Wildman–Crippen LogP) is 8.52. The first-order valence-electron chi connectivity index (χ1n) is 14.7. The number of hydrogen-bond donors (Lipinski definition) is 0. The Bertz CT molecular complexity index is 1020. The Morgan fingerprint density at radius 1 is 0.737 bits per heavy atom. The van der Waals surface area contributed by atoms with Crippen molar-refractivity contribution in [2.45, 2.75) is 102 Å². The van der Waals surface area contributed by atoms with Crippen LogP contribution < -0.4 is 9.47 Å². The van der Waals surface area contributed by atoms with Gasteiger partial charge in [-0.1, -0.05) is 114 Å². The van der Waals surface area contributed by atoms with Crippen LogP contribution in [0.15, 0.2) is 60.9 Å². The molecule has 0 N–H and O–H groups in total. The van der Waals surface area contributed by atoms with Crippen molar-refractivity contribution in [2.75, 3.05) is 14.2 Å². The molecule has 3 rings (SSSR count). The lowest BCUT2D eigenvalue weighted by atomic mass is 9.68. The van der Waals surface area contributed by atoms with Crippen molar-refractivity contribution in [2.24, 2.45) is 0 Å². The first-order chi connectivity index (χ1) is 18.7. The highest BCUT2D eigenvalue weighted by Crippen LogP contribution is 2.49. The van der Waals surface area contributed by atoms with E-state index in [1.54, 1.807) is 14.2 Å². The van der Waals surface area contributed by atoms with Crippen LogP contribution in [-0.2, 0) is 12.0 Å². The molecule has 5 heteroatoms. The fourth-order valence-electron chi connectivity index (χ4n) is 5.76. The van der Waals surface area contributed by atoms with Gasteiger partial charge in [-0.15, -0.1) is 0 Å². The average Bonchev–Trinajstić information content (AvgIpc) is 3.44. The second-order valence-corrected chi connectivity index (χ2v) is 10.3. The summed E-state index contributed by atoms with van der Waals surface area (Å²) >= 11 is 0. The van der Waals surface area contributed by atoms with Crippen molar-refractivity contribution in [1.82, 2.24) is 9.55 Å². The molecule has 0 bridgehead atoms. The molecule has 1 heterocycles. The fraction of sp³-hybridized carbons (Fsp3) is 0.545. The van der Waals surface area contributed by atoms with E-state index < -0.39 is 5.41 Å². The van der Waals surface area contributed by atoms with E-state index in [1.165, 1.54) is 57.8 Å². The second-order valence-electron chi connectivity index (χ2n) is 10.3. The molecule has 1 aromatic heterocycles. The van der Waals surface area contributed by atoms with Crippen LogP contribution in [-0.4, -0.2) is 31.6 Å². The summed E-state index contributed by atoms with van der Waals surface area (Å²) in [7, 11) is 9.59. The number of ether oxygens (including phenoxy) is 2. The normalized spacial score (nSPS) is 11.6. The van der Waals surface area contributed by atoms with E-state index in [4.69, 9.17) is 22.3 Å². The van der Waals surface area contributed by atoms with Crippen molar-refractivity contribution in [3.63, 3.8) is 0 Å². The van der Waals surface area contributed by atoms with Crippen LogP contribution in [0.25, 0.3) is 0 Å². The minimum atomic E-state index is -0.555. The third kappa shape index (κ3) is 7.45. The Morgan fingerprint density at radius 2 is 1.26 bits per heavy atom.